The lowest BCUT2D eigenvalue weighted by Gasteiger charge is -2.05. The highest BCUT2D eigenvalue weighted by molar-refractivity contribution is 7.98. The summed E-state index contributed by atoms with van der Waals surface area (Å²) in [6, 6.07) is 12.6. The highest BCUT2D eigenvalue weighted by Gasteiger charge is 2.15. The summed E-state index contributed by atoms with van der Waals surface area (Å²) in [5, 5.41) is 9.44. The van der Waals surface area contributed by atoms with Gasteiger partial charge in [-0.05, 0) is 31.2 Å². The summed E-state index contributed by atoms with van der Waals surface area (Å²) < 4.78 is 15.6. The summed E-state index contributed by atoms with van der Waals surface area (Å²) in [6.07, 6.45) is 1.46. The van der Waals surface area contributed by atoms with Crippen LogP contribution >= 0.6 is 23.4 Å². The molecule has 8 heteroatoms. The Labute approximate surface area is 158 Å². The van der Waals surface area contributed by atoms with E-state index in [0.29, 0.717) is 32.5 Å². The fourth-order valence-electron chi connectivity index (χ4n) is 2.50. The summed E-state index contributed by atoms with van der Waals surface area (Å²) in [7, 11) is 0. The number of nitrogens with zero attached hydrogens (tertiary/aromatic N) is 5. The Hall–Kier alpha value is -2.51. The molecule has 4 rings (SSSR count). The van der Waals surface area contributed by atoms with Crippen molar-refractivity contribution < 1.29 is 4.39 Å². The predicted octanol–water partition coefficient (Wildman–Crippen LogP) is 4.60. The van der Waals surface area contributed by atoms with E-state index in [-0.39, 0.29) is 5.82 Å². The van der Waals surface area contributed by atoms with E-state index >= 15 is 0 Å². The molecule has 0 saturated heterocycles. The van der Waals surface area contributed by atoms with E-state index in [2.05, 4.69) is 20.3 Å². The molecule has 0 saturated carbocycles. The zero-order chi connectivity index (χ0) is 18.1. The number of fused-ring (bicyclic) bond motifs is 1. The third-order valence-corrected chi connectivity index (χ3v) is 5.26. The van der Waals surface area contributed by atoms with E-state index in [9.17, 15) is 4.39 Å². The molecule has 0 amide bonds. The number of hydrogen-bond acceptors (Lipinski definition) is 5. The summed E-state index contributed by atoms with van der Waals surface area (Å²) in [4.78, 5) is 8.58. The highest BCUT2D eigenvalue weighted by atomic mass is 35.5. The van der Waals surface area contributed by atoms with E-state index in [1.54, 1.807) is 16.8 Å². The van der Waals surface area contributed by atoms with Crippen LogP contribution < -0.4 is 0 Å². The van der Waals surface area contributed by atoms with Crippen LogP contribution in [0.25, 0.3) is 16.9 Å². The van der Waals surface area contributed by atoms with Crippen LogP contribution in [0.1, 0.15) is 11.1 Å². The predicted molar refractivity (Wildman–Crippen MR) is 100 cm³/mol. The van der Waals surface area contributed by atoms with Gasteiger partial charge in [0.05, 0.1) is 5.69 Å². The van der Waals surface area contributed by atoms with Crippen LogP contribution in [0, 0.1) is 12.7 Å². The standard InChI is InChI=1S/C18H13ClFN5S/c1-11-5-7-12(8-6-11)25-17-16(23-24-25)18(22-10-21-17)26-9-13-14(19)3-2-4-15(13)20/h2-8,10H,9H2,1H3. The molecule has 26 heavy (non-hydrogen) atoms. The molecule has 2 aromatic carbocycles. The number of halogens is 2. The molecule has 0 N–H and O–H groups in total. The quantitative estimate of drug-likeness (QED) is 0.379. The van der Waals surface area contributed by atoms with Crippen molar-refractivity contribution in [1.29, 1.82) is 0 Å². The van der Waals surface area contributed by atoms with Crippen LogP contribution in [0.3, 0.4) is 0 Å². The van der Waals surface area contributed by atoms with Gasteiger partial charge in [0.1, 0.15) is 17.2 Å². The molecule has 0 atom stereocenters. The van der Waals surface area contributed by atoms with Gasteiger partial charge in [-0.3, -0.25) is 0 Å². The molecule has 130 valence electrons. The van der Waals surface area contributed by atoms with Crippen LogP contribution in [-0.4, -0.2) is 25.0 Å². The smallest absolute Gasteiger partial charge is 0.187 e. The van der Waals surface area contributed by atoms with Gasteiger partial charge in [-0.2, -0.15) is 4.68 Å². The van der Waals surface area contributed by atoms with Crippen molar-refractivity contribution in [2.24, 2.45) is 0 Å². The maximum atomic E-state index is 14.0. The van der Waals surface area contributed by atoms with Crippen molar-refractivity contribution in [3.63, 3.8) is 0 Å². The van der Waals surface area contributed by atoms with Crippen molar-refractivity contribution in [2.75, 3.05) is 0 Å². The molecule has 0 radical (unpaired) electrons. The molecule has 4 aromatic rings. The van der Waals surface area contributed by atoms with Crippen LogP contribution in [0.5, 0.6) is 0 Å². The van der Waals surface area contributed by atoms with Crippen molar-refractivity contribution in [3.05, 3.63) is 70.8 Å². The van der Waals surface area contributed by atoms with Gasteiger partial charge in [0.25, 0.3) is 0 Å². The normalized spacial score (nSPS) is 11.2. The summed E-state index contributed by atoms with van der Waals surface area (Å²) >= 11 is 7.44. The number of aryl methyl sites for hydroxylation is 1. The summed E-state index contributed by atoms with van der Waals surface area (Å²) in [5.74, 6) is 0.00765. The third-order valence-electron chi connectivity index (χ3n) is 3.90. The molecule has 2 aromatic heterocycles. The fraction of sp³-hybridized carbons (Fsp3) is 0.111. The third kappa shape index (κ3) is 3.15. The summed E-state index contributed by atoms with van der Waals surface area (Å²) in [5.41, 5.74) is 3.64. The molecule has 0 spiro atoms. The van der Waals surface area contributed by atoms with E-state index in [1.165, 1.54) is 24.2 Å². The second kappa shape index (κ2) is 7.01. The fourth-order valence-corrected chi connectivity index (χ4v) is 3.78. The Morgan fingerprint density at radius 1 is 1.12 bits per heavy atom. The molecule has 0 aliphatic carbocycles. The molecule has 2 heterocycles. The first kappa shape index (κ1) is 16.9. The second-order valence-corrected chi connectivity index (χ2v) is 7.05. The largest absolute Gasteiger partial charge is 0.227 e. The molecule has 5 nitrogen and oxygen atoms in total. The Balaban J connectivity index is 1.68. The number of benzene rings is 2. The minimum atomic E-state index is -0.335. The van der Waals surface area contributed by atoms with Gasteiger partial charge < -0.3 is 0 Å². The minimum absolute atomic E-state index is 0.335. The SMILES string of the molecule is Cc1ccc(-n2nnc3c(SCc4c(F)cccc4Cl)ncnc32)cc1. The number of hydrogen-bond donors (Lipinski definition) is 0. The van der Waals surface area contributed by atoms with Crippen molar-refractivity contribution in [3.8, 4) is 5.69 Å². The highest BCUT2D eigenvalue weighted by Crippen LogP contribution is 2.30. The molecule has 0 aliphatic heterocycles. The molecule has 0 unspecified atom stereocenters. The maximum absolute atomic E-state index is 14.0. The van der Waals surface area contributed by atoms with Gasteiger partial charge in [0.15, 0.2) is 11.2 Å². The van der Waals surface area contributed by atoms with Gasteiger partial charge in [-0.25, -0.2) is 14.4 Å². The van der Waals surface area contributed by atoms with Crippen LogP contribution in [-0.2, 0) is 5.75 Å². The van der Waals surface area contributed by atoms with Gasteiger partial charge in [-0.15, -0.1) is 5.10 Å². The molecule has 0 bridgehead atoms. The van der Waals surface area contributed by atoms with E-state index in [4.69, 9.17) is 11.6 Å². The van der Waals surface area contributed by atoms with Crippen LogP contribution in [0.15, 0.2) is 53.8 Å². The average Bonchev–Trinajstić information content (AvgIpc) is 3.07. The first-order valence-electron chi connectivity index (χ1n) is 7.82. The van der Waals surface area contributed by atoms with Crippen LogP contribution in [0.2, 0.25) is 5.02 Å². The zero-order valence-corrected chi connectivity index (χ0v) is 15.3. The average molecular weight is 386 g/mol. The topological polar surface area (TPSA) is 56.5 Å². The van der Waals surface area contributed by atoms with Gasteiger partial charge in [0, 0.05) is 16.3 Å². The molecule has 0 aliphatic rings. The first-order valence-corrected chi connectivity index (χ1v) is 9.19. The molecule has 0 fully saturated rings. The lowest BCUT2D eigenvalue weighted by molar-refractivity contribution is 0.617. The minimum Gasteiger partial charge on any atom is -0.227 e. The van der Waals surface area contributed by atoms with Crippen molar-refractivity contribution >= 4 is 34.5 Å². The van der Waals surface area contributed by atoms with Crippen molar-refractivity contribution in [2.45, 2.75) is 17.7 Å². The van der Waals surface area contributed by atoms with Gasteiger partial charge in [0.2, 0.25) is 0 Å². The molecular formula is C18H13ClFN5S. The van der Waals surface area contributed by atoms with Crippen LogP contribution in [0.4, 0.5) is 4.39 Å². The Morgan fingerprint density at radius 3 is 2.69 bits per heavy atom. The van der Waals surface area contributed by atoms with E-state index in [0.717, 1.165) is 11.3 Å². The number of rotatable bonds is 4. The van der Waals surface area contributed by atoms with Gasteiger partial charge in [-0.1, -0.05) is 52.3 Å². The summed E-state index contributed by atoms with van der Waals surface area (Å²) in [6.45, 7) is 2.02. The lowest BCUT2D eigenvalue weighted by Crippen LogP contribution is -1.98. The Morgan fingerprint density at radius 2 is 1.92 bits per heavy atom. The first-order chi connectivity index (χ1) is 12.6. The maximum Gasteiger partial charge on any atom is 0.187 e. The number of aromatic nitrogens is 5. The Bertz CT molecular complexity index is 1060. The second-order valence-electron chi connectivity index (χ2n) is 5.68. The zero-order valence-electron chi connectivity index (χ0n) is 13.7. The van der Waals surface area contributed by atoms with E-state index < -0.39 is 0 Å². The molecular weight excluding hydrogens is 373 g/mol. The van der Waals surface area contributed by atoms with E-state index in [1.807, 2.05) is 31.2 Å². The lowest BCUT2D eigenvalue weighted by atomic mass is 10.2. The number of thioether (sulfide) groups is 1. The van der Waals surface area contributed by atoms with Gasteiger partial charge >= 0.3 is 0 Å². The Kier molecular flexibility index (Phi) is 4.57. The monoisotopic (exact) mass is 385 g/mol. The van der Waals surface area contributed by atoms with Crippen molar-refractivity contribution in [1.82, 2.24) is 25.0 Å².